The zero-order chi connectivity index (χ0) is 23.4. The summed E-state index contributed by atoms with van der Waals surface area (Å²) in [5.41, 5.74) is 0.129. The van der Waals surface area contributed by atoms with Crippen molar-refractivity contribution in [2.24, 2.45) is 5.92 Å². The third kappa shape index (κ3) is 6.09. The maximum absolute atomic E-state index is 13.0. The van der Waals surface area contributed by atoms with E-state index in [1.165, 1.54) is 13.8 Å². The zero-order valence-electron chi connectivity index (χ0n) is 19.5. The molecule has 2 fully saturated rings. The molecule has 0 aliphatic carbocycles. The molecular weight excluding hydrogens is 436 g/mol. The van der Waals surface area contributed by atoms with Crippen LogP contribution in [-0.4, -0.2) is 62.7 Å². The minimum atomic E-state index is -3.69. The quantitative estimate of drug-likeness (QED) is 0.583. The molecule has 1 aromatic heterocycles. The molecule has 0 radical (unpaired) electrons. The molecule has 10 heteroatoms. The van der Waals surface area contributed by atoms with Crippen LogP contribution in [0.15, 0.2) is 10.6 Å². The molecule has 3 heterocycles. The molecule has 0 bridgehead atoms. The van der Waals surface area contributed by atoms with Crippen LogP contribution >= 0.6 is 0 Å². The first-order valence-electron chi connectivity index (χ1n) is 11.3. The normalized spacial score (nSPS) is 21.4. The van der Waals surface area contributed by atoms with Crippen molar-refractivity contribution < 1.29 is 31.9 Å². The van der Waals surface area contributed by atoms with Gasteiger partial charge in [0.2, 0.25) is 11.8 Å². The number of anilines is 1. The average molecular weight is 473 g/mol. The SMILES string of the molecule is CC(C)(COC1CCCCO1)c1cc(NC(=O)C(C)(C)S(=O)(=O)CC2CCOCC2)on1. The fraction of sp³-hybridized carbons (Fsp3) is 0.818. The molecule has 2 saturated heterocycles. The number of carbonyl (C=O) groups excluding carboxylic acids is 1. The fourth-order valence-electron chi connectivity index (χ4n) is 3.71. The highest BCUT2D eigenvalue weighted by molar-refractivity contribution is 7.93. The minimum absolute atomic E-state index is 0.00616. The fourth-order valence-corrected chi connectivity index (χ4v) is 5.41. The summed E-state index contributed by atoms with van der Waals surface area (Å²) in [5, 5.41) is 6.65. The summed E-state index contributed by atoms with van der Waals surface area (Å²) in [4.78, 5) is 12.9. The van der Waals surface area contributed by atoms with Gasteiger partial charge in [-0.15, -0.1) is 0 Å². The Morgan fingerprint density at radius 3 is 2.53 bits per heavy atom. The molecule has 1 unspecified atom stereocenters. The molecule has 3 rings (SSSR count). The van der Waals surface area contributed by atoms with Crippen LogP contribution < -0.4 is 5.32 Å². The van der Waals surface area contributed by atoms with Crippen molar-refractivity contribution in [3.63, 3.8) is 0 Å². The van der Waals surface area contributed by atoms with E-state index in [2.05, 4.69) is 10.5 Å². The number of nitrogens with one attached hydrogen (secondary N) is 1. The first-order chi connectivity index (χ1) is 15.0. The number of ether oxygens (including phenoxy) is 3. The summed E-state index contributed by atoms with van der Waals surface area (Å²) >= 11 is 0. The van der Waals surface area contributed by atoms with Crippen LogP contribution in [0.25, 0.3) is 0 Å². The molecule has 0 aromatic carbocycles. The second-order valence-corrected chi connectivity index (χ2v) is 12.5. The number of hydrogen-bond donors (Lipinski definition) is 1. The van der Waals surface area contributed by atoms with Gasteiger partial charge < -0.3 is 18.7 Å². The summed E-state index contributed by atoms with van der Waals surface area (Å²) in [7, 11) is -3.69. The summed E-state index contributed by atoms with van der Waals surface area (Å²) < 4.78 is 46.4. The molecule has 9 nitrogen and oxygen atoms in total. The Hall–Kier alpha value is -1.49. The molecular formula is C22H36N2O7S. The third-order valence-electron chi connectivity index (χ3n) is 6.33. The second kappa shape index (κ2) is 10.2. The van der Waals surface area contributed by atoms with E-state index in [-0.39, 0.29) is 23.8 Å². The van der Waals surface area contributed by atoms with Gasteiger partial charge in [-0.25, -0.2) is 8.42 Å². The molecule has 1 N–H and O–H groups in total. The standard InChI is InChI=1S/C22H36N2O7S/c1-21(2,15-30-19-7-5-6-10-29-19)17-13-18(31-24-17)23-20(25)22(3,4)32(26,27)14-16-8-11-28-12-9-16/h13,16,19H,5-12,14-15H2,1-4H3,(H,23,25). The average Bonchev–Trinajstić information content (AvgIpc) is 3.23. The van der Waals surface area contributed by atoms with Gasteiger partial charge in [-0.2, -0.15) is 0 Å². The van der Waals surface area contributed by atoms with Gasteiger partial charge in [0.25, 0.3) is 0 Å². The van der Waals surface area contributed by atoms with Crippen LogP contribution in [0.4, 0.5) is 5.88 Å². The van der Waals surface area contributed by atoms with E-state index in [0.29, 0.717) is 45.0 Å². The van der Waals surface area contributed by atoms with Crippen molar-refractivity contribution in [2.45, 2.75) is 76.3 Å². The van der Waals surface area contributed by atoms with Gasteiger partial charge in [0, 0.05) is 31.3 Å². The molecule has 2 aliphatic heterocycles. The van der Waals surface area contributed by atoms with Gasteiger partial charge in [-0.05, 0) is 51.9 Å². The van der Waals surface area contributed by atoms with E-state index in [1.54, 1.807) is 6.07 Å². The van der Waals surface area contributed by atoms with Crippen LogP contribution in [0.1, 0.15) is 65.5 Å². The van der Waals surface area contributed by atoms with Crippen LogP contribution in [0, 0.1) is 5.92 Å². The summed E-state index contributed by atoms with van der Waals surface area (Å²) in [6.07, 6.45) is 4.16. The van der Waals surface area contributed by atoms with Crippen molar-refractivity contribution in [3.05, 3.63) is 11.8 Å². The molecule has 1 aromatic rings. The number of carbonyl (C=O) groups is 1. The highest BCUT2D eigenvalue weighted by Crippen LogP contribution is 2.29. The lowest BCUT2D eigenvalue weighted by Gasteiger charge is -2.28. The maximum Gasteiger partial charge on any atom is 0.247 e. The van der Waals surface area contributed by atoms with Gasteiger partial charge >= 0.3 is 0 Å². The van der Waals surface area contributed by atoms with Crippen LogP contribution in [0.3, 0.4) is 0 Å². The topological polar surface area (TPSA) is 117 Å². The van der Waals surface area contributed by atoms with Crippen LogP contribution in [0.2, 0.25) is 0 Å². The third-order valence-corrected chi connectivity index (χ3v) is 8.98. The van der Waals surface area contributed by atoms with Gasteiger partial charge in [0.1, 0.15) is 4.75 Å². The van der Waals surface area contributed by atoms with E-state index in [1.807, 2.05) is 13.8 Å². The summed E-state index contributed by atoms with van der Waals surface area (Å²) in [5.74, 6) is -0.559. The van der Waals surface area contributed by atoms with E-state index in [4.69, 9.17) is 18.7 Å². The second-order valence-electron chi connectivity index (χ2n) is 9.87. The summed E-state index contributed by atoms with van der Waals surface area (Å²) in [6, 6.07) is 1.62. The molecule has 182 valence electrons. The Bertz CT molecular complexity index is 867. The van der Waals surface area contributed by atoms with Crippen molar-refractivity contribution >= 4 is 21.6 Å². The molecule has 0 saturated carbocycles. The highest BCUT2D eigenvalue weighted by Gasteiger charge is 2.43. The molecule has 32 heavy (non-hydrogen) atoms. The number of rotatable bonds is 9. The van der Waals surface area contributed by atoms with E-state index in [9.17, 15) is 13.2 Å². The number of sulfone groups is 1. The Morgan fingerprint density at radius 1 is 1.16 bits per heavy atom. The maximum atomic E-state index is 13.0. The first-order valence-corrected chi connectivity index (χ1v) is 13.0. The van der Waals surface area contributed by atoms with Crippen molar-refractivity contribution in [1.29, 1.82) is 0 Å². The Kier molecular flexibility index (Phi) is 8.01. The number of hydrogen-bond acceptors (Lipinski definition) is 8. The lowest BCUT2D eigenvalue weighted by molar-refractivity contribution is -0.170. The minimum Gasteiger partial charge on any atom is -0.381 e. The number of aromatic nitrogens is 1. The van der Waals surface area contributed by atoms with Crippen molar-refractivity contribution in [1.82, 2.24) is 5.16 Å². The van der Waals surface area contributed by atoms with Gasteiger partial charge in [0.15, 0.2) is 16.1 Å². The molecule has 1 amide bonds. The number of amides is 1. The van der Waals surface area contributed by atoms with Crippen molar-refractivity contribution in [2.75, 3.05) is 37.5 Å². The Balaban J connectivity index is 1.59. The van der Waals surface area contributed by atoms with Gasteiger partial charge in [-0.3, -0.25) is 10.1 Å². The smallest absolute Gasteiger partial charge is 0.247 e. The number of nitrogens with zero attached hydrogens (tertiary/aromatic N) is 1. The van der Waals surface area contributed by atoms with Gasteiger partial charge in [-0.1, -0.05) is 19.0 Å². The first kappa shape index (κ1) is 25.1. The monoisotopic (exact) mass is 472 g/mol. The highest BCUT2D eigenvalue weighted by atomic mass is 32.2. The van der Waals surface area contributed by atoms with Crippen molar-refractivity contribution in [3.8, 4) is 0 Å². The molecule has 1 atom stereocenters. The predicted octanol–water partition coefficient (Wildman–Crippen LogP) is 3.05. The lowest BCUT2D eigenvalue weighted by atomic mass is 9.90. The Labute approximate surface area is 190 Å². The van der Waals surface area contributed by atoms with E-state index in [0.717, 1.165) is 19.3 Å². The zero-order valence-corrected chi connectivity index (χ0v) is 20.3. The van der Waals surface area contributed by atoms with Crippen LogP contribution in [0.5, 0.6) is 0 Å². The Morgan fingerprint density at radius 2 is 1.88 bits per heavy atom. The lowest BCUT2D eigenvalue weighted by Crippen LogP contribution is -2.47. The van der Waals surface area contributed by atoms with E-state index >= 15 is 0 Å². The summed E-state index contributed by atoms with van der Waals surface area (Å²) in [6.45, 7) is 8.97. The molecule has 0 spiro atoms. The van der Waals surface area contributed by atoms with Crippen LogP contribution in [-0.2, 0) is 34.3 Å². The predicted molar refractivity (Wildman–Crippen MR) is 119 cm³/mol. The van der Waals surface area contributed by atoms with Gasteiger partial charge in [0.05, 0.1) is 18.1 Å². The largest absolute Gasteiger partial charge is 0.381 e. The molecule has 2 aliphatic rings. The van der Waals surface area contributed by atoms with E-state index < -0.39 is 25.9 Å².